The molecule has 7 rings (SSSR count). The van der Waals surface area contributed by atoms with Gasteiger partial charge in [0.15, 0.2) is 5.13 Å². The number of anilines is 1. The van der Waals surface area contributed by atoms with Crippen LogP contribution < -0.4 is 30.1 Å². The molecule has 1 aromatic carbocycles. The molecule has 4 fully saturated rings. The van der Waals surface area contributed by atoms with E-state index >= 15 is 4.79 Å². The molecular weight excluding hydrogens is 803 g/mol. The summed E-state index contributed by atoms with van der Waals surface area (Å²) in [5.74, 6) is -0.712. The van der Waals surface area contributed by atoms with E-state index in [4.69, 9.17) is 19.4 Å². The number of hydrogen-bond acceptors (Lipinski definition) is 12. The van der Waals surface area contributed by atoms with Crippen molar-refractivity contribution in [2.45, 2.75) is 134 Å². The maximum Gasteiger partial charge on any atom is 0.259 e. The third kappa shape index (κ3) is 9.91. The number of aromatic nitrogens is 2. The van der Waals surface area contributed by atoms with Gasteiger partial charge in [-0.2, -0.15) is 0 Å². The van der Waals surface area contributed by atoms with Crippen molar-refractivity contribution in [2.75, 3.05) is 25.5 Å². The highest BCUT2D eigenvalue weighted by atomic mass is 32.2. The van der Waals surface area contributed by atoms with Crippen molar-refractivity contribution in [1.82, 2.24) is 30.2 Å². The highest BCUT2D eigenvalue weighted by molar-refractivity contribution is 7.91. The Kier molecular flexibility index (Phi) is 12.8. The van der Waals surface area contributed by atoms with Gasteiger partial charge in [-0.1, -0.05) is 46.1 Å². The predicted molar refractivity (Wildman–Crippen MR) is 234 cm³/mol. The zero-order valence-electron chi connectivity index (χ0n) is 35.7. The number of thiazole rings is 1. The van der Waals surface area contributed by atoms with Crippen LogP contribution in [0, 0.1) is 17.3 Å². The lowest BCUT2D eigenvalue weighted by Crippen LogP contribution is -2.59. The summed E-state index contributed by atoms with van der Waals surface area (Å²) < 4.78 is 40.4. The van der Waals surface area contributed by atoms with E-state index in [0.29, 0.717) is 47.8 Å². The Morgan fingerprint density at radius 3 is 2.47 bits per heavy atom. The van der Waals surface area contributed by atoms with Gasteiger partial charge in [-0.15, -0.1) is 17.9 Å². The van der Waals surface area contributed by atoms with Crippen molar-refractivity contribution in [2.24, 2.45) is 17.3 Å². The second-order valence-corrected chi connectivity index (χ2v) is 21.3. The second kappa shape index (κ2) is 17.6. The topological polar surface area (TPSA) is 181 Å². The van der Waals surface area contributed by atoms with Gasteiger partial charge in [0.25, 0.3) is 5.91 Å². The molecule has 3 amide bonds. The van der Waals surface area contributed by atoms with Gasteiger partial charge in [-0.3, -0.25) is 19.1 Å². The summed E-state index contributed by atoms with van der Waals surface area (Å²) in [6.07, 6.45) is 8.13. The Hall–Kier alpha value is -4.28. The molecule has 1 saturated heterocycles. The lowest BCUT2D eigenvalue weighted by Gasteiger charge is -2.35. The predicted octanol–water partition coefficient (Wildman–Crippen LogP) is 6.18. The van der Waals surface area contributed by atoms with Crippen LogP contribution in [0.15, 0.2) is 42.3 Å². The number of hydrogen-bond donors (Lipinski definition) is 4. The fourth-order valence-electron chi connectivity index (χ4n) is 8.51. The number of ether oxygens (including phenoxy) is 2. The van der Waals surface area contributed by atoms with E-state index in [0.717, 1.165) is 49.0 Å². The number of sulfonamides is 1. The number of rotatable bonds is 17. The van der Waals surface area contributed by atoms with Crippen LogP contribution in [0.5, 0.6) is 11.5 Å². The zero-order chi connectivity index (χ0) is 43.0. The molecule has 0 radical (unpaired) electrons. The Balaban J connectivity index is 1.21. The molecule has 16 heteroatoms. The average Bonchev–Trinajstić information content (AvgIpc) is 4.10. The SMILES string of the molecule is C=C[C@@H]1C[C@]1(NC(=O)[C@@H]1C[C@@H](Oc2cc(-c3csc(NC(C)C)n3)nc3cc(OC)ccc23)CN1C(=O)[C@@H](NCCC(C)(C)C)C1CCCCC1)C(=O)NS(=O)(=O)C1CC1. The molecule has 3 aromatic rings. The van der Waals surface area contributed by atoms with Crippen molar-refractivity contribution in [1.29, 1.82) is 0 Å². The summed E-state index contributed by atoms with van der Waals surface area (Å²) >= 11 is 1.48. The number of benzene rings is 1. The van der Waals surface area contributed by atoms with E-state index in [2.05, 4.69) is 48.0 Å². The summed E-state index contributed by atoms with van der Waals surface area (Å²) in [5.41, 5.74) is 0.458. The monoisotopic (exact) mass is 863 g/mol. The molecule has 5 atom stereocenters. The Morgan fingerprint density at radius 1 is 1.07 bits per heavy atom. The standard InChI is InChI=1S/C44H61N7O7S2/c1-8-28-23-44(28,41(54)50-60(55,56)31-15-16-31)49-39(52)36-21-30(24-51(36)40(53)38(27-12-10-9-11-13-27)45-19-18-43(4,5)6)58-37-22-34(35-25-59-42(48-35)46-26(2)3)47-33-20-29(57-7)14-17-32(33)37/h8,14,17,20,22,25-28,30-31,36,38,45H,1,9-13,15-16,18-19,21,23-24H2,2-7H3,(H,46,48)(H,49,52)(H,50,54)/t28-,30-,36+,38+,44-/m1/s1. The molecule has 0 spiro atoms. The van der Waals surface area contributed by atoms with Gasteiger partial charge < -0.3 is 30.3 Å². The molecular formula is C44H61N7O7S2. The third-order valence-corrected chi connectivity index (χ3v) is 14.8. The van der Waals surface area contributed by atoms with E-state index in [-0.39, 0.29) is 42.7 Å². The van der Waals surface area contributed by atoms with Gasteiger partial charge in [-0.25, -0.2) is 18.4 Å². The van der Waals surface area contributed by atoms with Crippen molar-refractivity contribution in [3.63, 3.8) is 0 Å². The van der Waals surface area contributed by atoms with Crippen LogP contribution in [0.25, 0.3) is 22.3 Å². The number of methoxy groups -OCH3 is 1. The van der Waals surface area contributed by atoms with E-state index in [1.54, 1.807) is 18.1 Å². The van der Waals surface area contributed by atoms with Gasteiger partial charge in [0.2, 0.25) is 21.8 Å². The highest BCUT2D eigenvalue weighted by Gasteiger charge is 2.62. The summed E-state index contributed by atoms with van der Waals surface area (Å²) in [5, 5.41) is 12.7. The minimum Gasteiger partial charge on any atom is -0.497 e. The van der Waals surface area contributed by atoms with Crippen LogP contribution in [0.2, 0.25) is 0 Å². The molecule has 4 N–H and O–H groups in total. The maximum absolute atomic E-state index is 15.0. The first-order valence-electron chi connectivity index (χ1n) is 21.4. The van der Waals surface area contributed by atoms with Crippen LogP contribution in [0.3, 0.4) is 0 Å². The summed E-state index contributed by atoms with van der Waals surface area (Å²) in [6.45, 7) is 15.2. The lowest BCUT2D eigenvalue weighted by atomic mass is 9.83. The largest absolute Gasteiger partial charge is 0.497 e. The van der Waals surface area contributed by atoms with Gasteiger partial charge >= 0.3 is 0 Å². The van der Waals surface area contributed by atoms with Gasteiger partial charge in [-0.05, 0) is 82.4 Å². The van der Waals surface area contributed by atoms with Gasteiger partial charge in [0.1, 0.15) is 34.9 Å². The van der Waals surface area contributed by atoms with Crippen molar-refractivity contribution < 1.29 is 32.3 Å². The molecule has 2 aromatic heterocycles. The number of likely N-dealkylation sites (tertiary alicyclic amines) is 1. The van der Waals surface area contributed by atoms with Crippen LogP contribution in [-0.2, 0) is 24.4 Å². The van der Waals surface area contributed by atoms with Crippen molar-refractivity contribution >= 4 is 55.1 Å². The Bertz CT molecular complexity index is 2190. The summed E-state index contributed by atoms with van der Waals surface area (Å²) in [7, 11) is -2.28. The van der Waals surface area contributed by atoms with E-state index in [1.807, 2.05) is 43.5 Å². The summed E-state index contributed by atoms with van der Waals surface area (Å²) in [6, 6.07) is 6.09. The lowest BCUT2D eigenvalue weighted by molar-refractivity contribution is -0.142. The van der Waals surface area contributed by atoms with Crippen LogP contribution in [0.4, 0.5) is 5.13 Å². The highest BCUT2D eigenvalue weighted by Crippen LogP contribution is 2.46. The second-order valence-electron chi connectivity index (χ2n) is 18.5. The van der Waals surface area contributed by atoms with Gasteiger partial charge in [0.05, 0.1) is 36.2 Å². The molecule has 60 heavy (non-hydrogen) atoms. The molecule has 4 aliphatic rings. The Morgan fingerprint density at radius 2 is 1.82 bits per heavy atom. The van der Waals surface area contributed by atoms with Crippen molar-refractivity contribution in [3.8, 4) is 22.9 Å². The first-order chi connectivity index (χ1) is 28.5. The Labute approximate surface area is 358 Å². The molecule has 3 saturated carbocycles. The number of nitrogens with one attached hydrogen (secondary N) is 4. The fraction of sp³-hybridized carbons (Fsp3) is 0.614. The number of pyridine rings is 1. The van der Waals surface area contributed by atoms with Crippen LogP contribution in [0.1, 0.15) is 98.8 Å². The molecule has 0 unspecified atom stereocenters. The summed E-state index contributed by atoms with van der Waals surface area (Å²) in [4.78, 5) is 54.8. The number of carbonyl (C=O) groups excluding carboxylic acids is 3. The quantitative estimate of drug-likeness (QED) is 0.114. The number of carbonyl (C=O) groups is 3. The minimum atomic E-state index is -3.88. The number of fused-ring (bicyclic) bond motifs is 1. The third-order valence-electron chi connectivity index (χ3n) is 12.2. The first kappa shape index (κ1) is 43.8. The maximum atomic E-state index is 15.0. The van der Waals surface area contributed by atoms with Crippen molar-refractivity contribution in [3.05, 3.63) is 42.3 Å². The number of amides is 3. The minimum absolute atomic E-state index is 0.0528. The first-order valence-corrected chi connectivity index (χ1v) is 23.8. The fourth-order valence-corrected chi connectivity index (χ4v) is 10.7. The molecule has 326 valence electrons. The van der Waals surface area contributed by atoms with E-state index in [9.17, 15) is 18.0 Å². The average molecular weight is 864 g/mol. The molecule has 1 aliphatic heterocycles. The van der Waals surface area contributed by atoms with Crippen LogP contribution >= 0.6 is 11.3 Å². The van der Waals surface area contributed by atoms with E-state index < -0.39 is 56.7 Å². The van der Waals surface area contributed by atoms with E-state index in [1.165, 1.54) is 11.3 Å². The van der Waals surface area contributed by atoms with Gasteiger partial charge in [0, 0.05) is 41.3 Å². The zero-order valence-corrected chi connectivity index (χ0v) is 37.3. The molecule has 3 aliphatic carbocycles. The molecule has 3 heterocycles. The smallest absolute Gasteiger partial charge is 0.259 e. The molecule has 14 nitrogen and oxygen atoms in total. The normalized spacial score (nSPS) is 23.9. The number of nitrogens with zero attached hydrogens (tertiary/aromatic N) is 3. The molecule has 0 bridgehead atoms. The van der Waals surface area contributed by atoms with Crippen LogP contribution in [-0.4, -0.2) is 96.2 Å².